The minimum atomic E-state index is -0.105. The maximum Gasteiger partial charge on any atom is 0.228 e. The molecule has 6 nitrogen and oxygen atoms in total. The Kier molecular flexibility index (Phi) is 6.22. The van der Waals surface area contributed by atoms with Crippen LogP contribution in [0.1, 0.15) is 11.1 Å². The Balaban J connectivity index is 1.46. The first kappa shape index (κ1) is 21.2. The number of oxazole rings is 1. The molecule has 1 heterocycles. The van der Waals surface area contributed by atoms with Crippen LogP contribution in [-0.2, 0) is 11.2 Å². The van der Waals surface area contributed by atoms with E-state index in [0.717, 1.165) is 33.5 Å². The minimum absolute atomic E-state index is 0.105. The van der Waals surface area contributed by atoms with Crippen LogP contribution >= 0.6 is 0 Å². The summed E-state index contributed by atoms with van der Waals surface area (Å²) in [4.78, 5) is 16.7. The van der Waals surface area contributed by atoms with Crippen LogP contribution in [0.4, 0.5) is 5.69 Å². The molecule has 0 spiro atoms. The molecule has 0 bridgehead atoms. The predicted octanol–water partition coefficient (Wildman–Crippen LogP) is 5.52. The van der Waals surface area contributed by atoms with Crippen LogP contribution in [-0.4, -0.2) is 25.1 Å². The van der Waals surface area contributed by atoms with Crippen molar-refractivity contribution < 1.29 is 18.7 Å². The van der Waals surface area contributed by atoms with Gasteiger partial charge in [0.15, 0.2) is 11.5 Å². The van der Waals surface area contributed by atoms with Crippen LogP contribution in [0.5, 0.6) is 11.5 Å². The van der Waals surface area contributed by atoms with Gasteiger partial charge in [0, 0.05) is 11.3 Å². The van der Waals surface area contributed by atoms with Crippen LogP contribution in [0.3, 0.4) is 0 Å². The van der Waals surface area contributed by atoms with E-state index >= 15 is 0 Å². The van der Waals surface area contributed by atoms with E-state index in [9.17, 15) is 4.79 Å². The molecule has 0 saturated heterocycles. The maximum absolute atomic E-state index is 12.5. The fraction of sp³-hybridized carbons (Fsp3) is 0.154. The van der Waals surface area contributed by atoms with E-state index in [0.29, 0.717) is 17.4 Å². The third-order valence-electron chi connectivity index (χ3n) is 5.21. The summed E-state index contributed by atoms with van der Waals surface area (Å²) in [6, 6.07) is 19.4. The van der Waals surface area contributed by atoms with Crippen molar-refractivity contribution in [3.8, 4) is 34.1 Å². The lowest BCUT2D eigenvalue weighted by Gasteiger charge is -2.11. The number of aromatic nitrogens is 1. The summed E-state index contributed by atoms with van der Waals surface area (Å²) < 4.78 is 16.0. The van der Waals surface area contributed by atoms with E-state index < -0.39 is 0 Å². The van der Waals surface area contributed by atoms with Gasteiger partial charge in [0.1, 0.15) is 6.26 Å². The summed E-state index contributed by atoms with van der Waals surface area (Å²) >= 11 is 0. The number of hydrogen-bond donors (Lipinski definition) is 1. The molecule has 0 aliphatic heterocycles. The van der Waals surface area contributed by atoms with Gasteiger partial charge < -0.3 is 19.2 Å². The Morgan fingerprint density at radius 1 is 0.938 bits per heavy atom. The number of amides is 1. The van der Waals surface area contributed by atoms with Gasteiger partial charge in [-0.1, -0.05) is 24.3 Å². The summed E-state index contributed by atoms with van der Waals surface area (Å²) in [5.41, 5.74) is 5.78. The number of carbonyl (C=O) groups is 1. The topological polar surface area (TPSA) is 73.6 Å². The molecule has 0 aliphatic carbocycles. The van der Waals surface area contributed by atoms with Gasteiger partial charge in [-0.05, 0) is 65.6 Å². The number of aryl methyl sites for hydroxylation is 1. The molecule has 32 heavy (non-hydrogen) atoms. The smallest absolute Gasteiger partial charge is 0.228 e. The highest BCUT2D eigenvalue weighted by atomic mass is 16.5. The Labute approximate surface area is 186 Å². The van der Waals surface area contributed by atoms with Crippen molar-refractivity contribution in [3.05, 3.63) is 84.3 Å². The van der Waals surface area contributed by atoms with E-state index in [-0.39, 0.29) is 12.3 Å². The molecular formula is C26H24N2O4. The van der Waals surface area contributed by atoms with E-state index in [1.165, 1.54) is 0 Å². The molecule has 162 valence electrons. The van der Waals surface area contributed by atoms with Crippen LogP contribution in [0.25, 0.3) is 22.6 Å². The van der Waals surface area contributed by atoms with Gasteiger partial charge in [-0.15, -0.1) is 0 Å². The zero-order valence-corrected chi connectivity index (χ0v) is 18.2. The largest absolute Gasteiger partial charge is 0.493 e. The summed E-state index contributed by atoms with van der Waals surface area (Å²) in [6.45, 7) is 2.06. The van der Waals surface area contributed by atoms with Gasteiger partial charge in [-0.2, -0.15) is 0 Å². The average Bonchev–Trinajstić information content (AvgIpc) is 3.35. The number of rotatable bonds is 7. The second kappa shape index (κ2) is 9.39. The molecule has 0 saturated carbocycles. The highest BCUT2D eigenvalue weighted by molar-refractivity contribution is 5.92. The first-order valence-electron chi connectivity index (χ1n) is 10.2. The standard InChI is InChI=1S/C26H24N2O4/c1-17-4-6-20(26-27-12-13-32-26)16-22(17)19-7-9-21(10-8-19)28-25(29)15-18-5-11-23(30-2)24(14-18)31-3/h4-14,16H,15H2,1-3H3,(H,28,29). The molecule has 1 N–H and O–H groups in total. The molecule has 3 aromatic carbocycles. The average molecular weight is 428 g/mol. The van der Waals surface area contributed by atoms with Crippen molar-refractivity contribution in [2.45, 2.75) is 13.3 Å². The predicted molar refractivity (Wildman–Crippen MR) is 124 cm³/mol. The van der Waals surface area contributed by atoms with Crippen molar-refractivity contribution in [2.24, 2.45) is 0 Å². The molecule has 4 rings (SSSR count). The number of anilines is 1. The number of nitrogens with one attached hydrogen (secondary N) is 1. The molecule has 0 aliphatic rings. The van der Waals surface area contributed by atoms with Crippen LogP contribution in [0, 0.1) is 6.92 Å². The van der Waals surface area contributed by atoms with Crippen molar-refractivity contribution in [3.63, 3.8) is 0 Å². The van der Waals surface area contributed by atoms with Crippen LogP contribution in [0.15, 0.2) is 77.5 Å². The quantitative estimate of drug-likeness (QED) is 0.420. The zero-order chi connectivity index (χ0) is 22.5. The minimum Gasteiger partial charge on any atom is -0.493 e. The van der Waals surface area contributed by atoms with Gasteiger partial charge in [-0.3, -0.25) is 4.79 Å². The molecule has 0 atom stereocenters. The number of nitrogens with zero attached hydrogens (tertiary/aromatic N) is 1. The summed E-state index contributed by atoms with van der Waals surface area (Å²) in [5, 5.41) is 2.95. The van der Waals surface area contributed by atoms with E-state index in [2.05, 4.69) is 23.3 Å². The van der Waals surface area contributed by atoms with Crippen molar-refractivity contribution >= 4 is 11.6 Å². The molecule has 0 fully saturated rings. The Bertz CT molecular complexity index is 1220. The summed E-state index contributed by atoms with van der Waals surface area (Å²) in [5.74, 6) is 1.72. The van der Waals surface area contributed by atoms with Crippen molar-refractivity contribution in [1.29, 1.82) is 0 Å². The van der Waals surface area contributed by atoms with Gasteiger partial charge in [0.05, 0.1) is 26.8 Å². The summed E-state index contributed by atoms with van der Waals surface area (Å²) in [7, 11) is 3.16. The number of hydrogen-bond acceptors (Lipinski definition) is 5. The Morgan fingerprint density at radius 3 is 2.38 bits per heavy atom. The first-order chi connectivity index (χ1) is 15.6. The van der Waals surface area contributed by atoms with E-state index in [4.69, 9.17) is 13.9 Å². The Hall–Kier alpha value is -4.06. The maximum atomic E-state index is 12.5. The van der Waals surface area contributed by atoms with Gasteiger partial charge in [0.2, 0.25) is 11.8 Å². The zero-order valence-electron chi connectivity index (χ0n) is 18.2. The molecule has 0 radical (unpaired) electrons. The number of ether oxygens (including phenoxy) is 2. The lowest BCUT2D eigenvalue weighted by molar-refractivity contribution is -0.115. The molecule has 0 unspecified atom stereocenters. The highest BCUT2D eigenvalue weighted by Crippen LogP contribution is 2.30. The van der Waals surface area contributed by atoms with Crippen LogP contribution in [0.2, 0.25) is 0 Å². The number of methoxy groups -OCH3 is 2. The Morgan fingerprint density at radius 2 is 1.69 bits per heavy atom. The first-order valence-corrected chi connectivity index (χ1v) is 10.2. The second-order valence-corrected chi connectivity index (χ2v) is 7.36. The lowest BCUT2D eigenvalue weighted by Crippen LogP contribution is -2.14. The lowest BCUT2D eigenvalue weighted by atomic mass is 9.98. The number of benzene rings is 3. The molecule has 1 aromatic heterocycles. The fourth-order valence-corrected chi connectivity index (χ4v) is 3.55. The van der Waals surface area contributed by atoms with Crippen molar-refractivity contribution in [2.75, 3.05) is 19.5 Å². The second-order valence-electron chi connectivity index (χ2n) is 7.36. The molecule has 1 amide bonds. The monoisotopic (exact) mass is 428 g/mol. The van der Waals surface area contributed by atoms with E-state index in [1.54, 1.807) is 32.7 Å². The molecular weight excluding hydrogens is 404 g/mol. The highest BCUT2D eigenvalue weighted by Gasteiger charge is 2.10. The third kappa shape index (κ3) is 4.64. The van der Waals surface area contributed by atoms with E-state index in [1.807, 2.05) is 48.5 Å². The van der Waals surface area contributed by atoms with Crippen LogP contribution < -0.4 is 14.8 Å². The third-order valence-corrected chi connectivity index (χ3v) is 5.21. The normalized spacial score (nSPS) is 10.6. The number of carbonyl (C=O) groups excluding carboxylic acids is 1. The van der Waals surface area contributed by atoms with Gasteiger partial charge in [0.25, 0.3) is 0 Å². The van der Waals surface area contributed by atoms with Crippen molar-refractivity contribution in [1.82, 2.24) is 4.98 Å². The molecule has 6 heteroatoms. The fourth-order valence-electron chi connectivity index (χ4n) is 3.55. The summed E-state index contributed by atoms with van der Waals surface area (Å²) in [6.07, 6.45) is 3.43. The van der Waals surface area contributed by atoms with Gasteiger partial charge >= 0.3 is 0 Å². The van der Waals surface area contributed by atoms with Gasteiger partial charge in [-0.25, -0.2) is 4.98 Å². The molecule has 4 aromatic rings. The SMILES string of the molecule is COc1ccc(CC(=O)Nc2ccc(-c3cc(-c4ncco4)ccc3C)cc2)cc1OC.